The van der Waals surface area contributed by atoms with E-state index in [0.717, 1.165) is 18.2 Å². The van der Waals surface area contributed by atoms with Crippen molar-refractivity contribution < 1.29 is 4.74 Å². The van der Waals surface area contributed by atoms with Gasteiger partial charge in [-0.15, -0.1) is 5.73 Å². The number of rotatable bonds is 6. The van der Waals surface area contributed by atoms with Crippen molar-refractivity contribution in [3.8, 4) is 0 Å². The van der Waals surface area contributed by atoms with Crippen molar-refractivity contribution in [3.63, 3.8) is 0 Å². The van der Waals surface area contributed by atoms with E-state index in [0.29, 0.717) is 6.61 Å². The first-order chi connectivity index (χ1) is 14.9. The second kappa shape index (κ2) is 8.96. The molecular weight excluding hydrogens is 385 g/mol. The molecule has 0 amide bonds. The fourth-order valence-electron chi connectivity index (χ4n) is 3.92. The normalized spacial score (nSPS) is 18.6. The average molecular weight is 408 g/mol. The minimum Gasteiger partial charge on any atom is -0.349 e. The maximum absolute atomic E-state index is 6.13. The summed E-state index contributed by atoms with van der Waals surface area (Å²) >= 11 is 0. The monoisotopic (exact) mass is 408 g/mol. The summed E-state index contributed by atoms with van der Waals surface area (Å²) in [5.74, 6) is 0. The quantitative estimate of drug-likeness (QED) is 0.467. The van der Waals surface area contributed by atoms with Crippen LogP contribution in [0, 0.1) is 6.23 Å². The molecule has 0 saturated carbocycles. The topological polar surface area (TPSA) is 21.3 Å². The van der Waals surface area contributed by atoms with Gasteiger partial charge < -0.3 is 4.74 Å². The SMILES string of the molecule is C1=CC=C(P(c2ccccc2)c2ccccc2)C=1[C]1N[C@@H](Cc2ccccc2)CO1. The van der Waals surface area contributed by atoms with Gasteiger partial charge in [0.15, 0.2) is 0 Å². The van der Waals surface area contributed by atoms with Gasteiger partial charge in [-0.25, -0.2) is 0 Å². The Bertz CT molecular complexity index is 1050. The van der Waals surface area contributed by atoms with Crippen molar-refractivity contribution in [1.29, 1.82) is 0 Å². The molecule has 30 heavy (non-hydrogen) atoms. The van der Waals surface area contributed by atoms with Gasteiger partial charge in [0.25, 0.3) is 0 Å². The van der Waals surface area contributed by atoms with E-state index in [-0.39, 0.29) is 6.04 Å². The molecule has 1 fully saturated rings. The van der Waals surface area contributed by atoms with Gasteiger partial charge in [-0.2, -0.15) is 0 Å². The third-order valence-corrected chi connectivity index (χ3v) is 7.79. The van der Waals surface area contributed by atoms with Gasteiger partial charge in [-0.3, -0.25) is 5.32 Å². The molecule has 1 N–H and O–H groups in total. The van der Waals surface area contributed by atoms with Gasteiger partial charge in [0.05, 0.1) is 12.2 Å². The maximum Gasteiger partial charge on any atom is 0.201 e. The van der Waals surface area contributed by atoms with Crippen LogP contribution >= 0.6 is 7.92 Å². The zero-order valence-corrected chi connectivity index (χ0v) is 17.6. The highest BCUT2D eigenvalue weighted by Gasteiger charge is 2.34. The van der Waals surface area contributed by atoms with E-state index in [1.54, 1.807) is 0 Å². The Hall–Kier alpha value is -2.73. The van der Waals surface area contributed by atoms with Crippen molar-refractivity contribution in [3.05, 3.63) is 132 Å². The summed E-state index contributed by atoms with van der Waals surface area (Å²) in [6.45, 7) is 0.678. The molecule has 3 aromatic rings. The Morgan fingerprint density at radius 2 is 1.43 bits per heavy atom. The van der Waals surface area contributed by atoms with Crippen LogP contribution in [0.4, 0.5) is 0 Å². The van der Waals surface area contributed by atoms with E-state index >= 15 is 0 Å². The highest BCUT2D eigenvalue weighted by molar-refractivity contribution is 7.77. The Kier molecular flexibility index (Phi) is 5.75. The lowest BCUT2D eigenvalue weighted by Gasteiger charge is -2.24. The number of benzene rings is 3. The van der Waals surface area contributed by atoms with Gasteiger partial charge in [-0.1, -0.05) is 91.0 Å². The van der Waals surface area contributed by atoms with E-state index in [9.17, 15) is 0 Å². The van der Waals surface area contributed by atoms with Crippen LogP contribution in [0.5, 0.6) is 0 Å². The lowest BCUT2D eigenvalue weighted by atomic mass is 10.1. The Morgan fingerprint density at radius 3 is 2.07 bits per heavy atom. The highest BCUT2D eigenvalue weighted by atomic mass is 31.1. The van der Waals surface area contributed by atoms with Gasteiger partial charge in [-0.05, 0) is 42.7 Å². The third kappa shape index (κ3) is 4.10. The van der Waals surface area contributed by atoms with E-state index in [1.807, 2.05) is 6.08 Å². The fraction of sp³-hybridized carbons (Fsp3) is 0.111. The van der Waals surface area contributed by atoms with Gasteiger partial charge in [0.1, 0.15) is 0 Å². The first-order valence-corrected chi connectivity index (χ1v) is 11.6. The smallest absolute Gasteiger partial charge is 0.201 e. The zero-order valence-electron chi connectivity index (χ0n) is 16.7. The molecule has 2 aliphatic rings. The second-order valence-electron chi connectivity index (χ2n) is 7.42. The number of hydrogen-bond acceptors (Lipinski definition) is 2. The van der Waals surface area contributed by atoms with Crippen molar-refractivity contribution >= 4 is 18.5 Å². The number of nitrogens with one attached hydrogen (secondary N) is 1. The molecule has 0 bridgehead atoms. The molecule has 0 spiro atoms. The standard InChI is InChI=1S/C27H23NOP/c1-4-11-21(12-5-1)19-22-20-29-27(28-22)25-17-10-18-26(25)30(23-13-6-2-7-14-23)24-15-8-3-9-16-24/h1-16,18,22,28H,19-20H2/t22-/m0/s1. The molecule has 1 radical (unpaired) electrons. The van der Waals surface area contributed by atoms with Crippen LogP contribution < -0.4 is 15.9 Å². The molecule has 5 rings (SSSR count). The van der Waals surface area contributed by atoms with Crippen molar-refractivity contribution in [2.45, 2.75) is 12.5 Å². The van der Waals surface area contributed by atoms with E-state index in [4.69, 9.17) is 4.74 Å². The minimum absolute atomic E-state index is 0.276. The van der Waals surface area contributed by atoms with Crippen molar-refractivity contribution in [2.24, 2.45) is 0 Å². The van der Waals surface area contributed by atoms with Crippen LogP contribution in [0.15, 0.2) is 120 Å². The van der Waals surface area contributed by atoms with E-state index < -0.39 is 7.92 Å². The summed E-state index contributed by atoms with van der Waals surface area (Å²) in [5.41, 5.74) is 5.83. The van der Waals surface area contributed by atoms with Gasteiger partial charge >= 0.3 is 0 Å². The predicted octanol–water partition coefficient (Wildman–Crippen LogP) is 4.82. The van der Waals surface area contributed by atoms with Crippen LogP contribution in [0.25, 0.3) is 0 Å². The lowest BCUT2D eigenvalue weighted by Crippen LogP contribution is -2.29. The molecule has 0 unspecified atom stereocenters. The van der Waals surface area contributed by atoms with Crippen LogP contribution in [0.2, 0.25) is 0 Å². The molecule has 3 aromatic carbocycles. The highest BCUT2D eigenvalue weighted by Crippen LogP contribution is 2.50. The maximum atomic E-state index is 6.13. The Morgan fingerprint density at radius 1 is 0.833 bits per heavy atom. The number of hydrogen-bond donors (Lipinski definition) is 1. The molecule has 1 aliphatic heterocycles. The Balaban J connectivity index is 1.39. The van der Waals surface area contributed by atoms with E-state index in [2.05, 4.69) is 108 Å². The summed E-state index contributed by atoms with van der Waals surface area (Å²) in [4.78, 5) is 0. The number of ether oxygens (including phenoxy) is 1. The molecule has 1 saturated heterocycles. The van der Waals surface area contributed by atoms with Crippen LogP contribution in [-0.2, 0) is 11.2 Å². The average Bonchev–Trinajstić information content (AvgIpc) is 3.46. The largest absolute Gasteiger partial charge is 0.349 e. The van der Waals surface area contributed by atoms with Crippen molar-refractivity contribution in [2.75, 3.05) is 6.61 Å². The third-order valence-electron chi connectivity index (χ3n) is 5.31. The molecular formula is C27H23NOP. The summed E-state index contributed by atoms with van der Waals surface area (Å²) < 4.78 is 6.13. The summed E-state index contributed by atoms with van der Waals surface area (Å²) in [6, 6.07) is 32.4. The minimum atomic E-state index is -0.680. The van der Waals surface area contributed by atoms with Gasteiger partial charge in [0.2, 0.25) is 6.23 Å². The first kappa shape index (κ1) is 19.2. The molecule has 2 nitrogen and oxygen atoms in total. The summed E-state index contributed by atoms with van der Waals surface area (Å²) in [6.07, 6.45) is 6.03. The van der Waals surface area contributed by atoms with Crippen molar-refractivity contribution in [1.82, 2.24) is 5.32 Å². The summed E-state index contributed by atoms with van der Waals surface area (Å²) in [5, 5.41) is 7.56. The number of allylic oxidation sites excluding steroid dienone is 1. The molecule has 1 heterocycles. The molecule has 3 heteroatoms. The fourth-order valence-corrected chi connectivity index (χ4v) is 6.32. The molecule has 1 aliphatic carbocycles. The van der Waals surface area contributed by atoms with Crippen LogP contribution in [0.1, 0.15) is 5.56 Å². The van der Waals surface area contributed by atoms with Crippen LogP contribution in [0.3, 0.4) is 0 Å². The predicted molar refractivity (Wildman–Crippen MR) is 125 cm³/mol. The molecule has 0 aromatic heterocycles. The zero-order chi connectivity index (χ0) is 20.2. The van der Waals surface area contributed by atoms with Gasteiger partial charge in [0, 0.05) is 11.4 Å². The molecule has 1 atom stereocenters. The summed E-state index contributed by atoms with van der Waals surface area (Å²) in [7, 11) is -0.680. The molecule has 147 valence electrons. The lowest BCUT2D eigenvalue weighted by molar-refractivity contribution is 0.207. The first-order valence-electron chi connectivity index (χ1n) is 10.3. The Labute approximate surface area is 179 Å². The van der Waals surface area contributed by atoms with E-state index in [1.165, 1.54) is 21.5 Å². The van der Waals surface area contributed by atoms with Crippen LogP contribution in [-0.4, -0.2) is 12.6 Å². The second-order valence-corrected chi connectivity index (χ2v) is 9.60.